The number of benzene rings is 1. The van der Waals surface area contributed by atoms with Gasteiger partial charge in [-0.25, -0.2) is 14.8 Å². The molecule has 0 bridgehead atoms. The van der Waals surface area contributed by atoms with Crippen LogP contribution < -0.4 is 5.32 Å². The fourth-order valence-corrected chi connectivity index (χ4v) is 6.56. The lowest BCUT2D eigenvalue weighted by Crippen LogP contribution is -2.57. The largest absolute Gasteiger partial charge is 0.449 e. The number of hydrogen-bond acceptors (Lipinski definition) is 9. The molecule has 2 heterocycles. The molecule has 12 nitrogen and oxygen atoms in total. The zero-order valence-electron chi connectivity index (χ0n) is 25.2. The van der Waals surface area contributed by atoms with Crippen LogP contribution in [0, 0.1) is 0 Å². The van der Waals surface area contributed by atoms with Crippen LogP contribution in [0.4, 0.5) is 4.79 Å². The molecule has 1 saturated carbocycles. The Labute approximate surface area is 253 Å². The van der Waals surface area contributed by atoms with Crippen molar-refractivity contribution in [3.05, 3.63) is 47.8 Å². The summed E-state index contributed by atoms with van der Waals surface area (Å²) in [6.45, 7) is 7.00. The number of piperazine rings is 1. The van der Waals surface area contributed by atoms with Gasteiger partial charge in [-0.05, 0) is 39.2 Å². The third-order valence-corrected chi connectivity index (χ3v) is 9.36. The molecule has 43 heavy (non-hydrogen) atoms. The van der Waals surface area contributed by atoms with E-state index in [2.05, 4.69) is 10.3 Å². The number of ether oxygens (including phenoxy) is 1. The van der Waals surface area contributed by atoms with Crippen LogP contribution in [0.1, 0.15) is 68.6 Å². The molecule has 1 N–H and O–H groups in total. The summed E-state index contributed by atoms with van der Waals surface area (Å²) in [6, 6.07) is 9.84. The summed E-state index contributed by atoms with van der Waals surface area (Å²) in [5.74, 6) is -0.339. The molecule has 13 heteroatoms. The Kier molecular flexibility index (Phi) is 11.7. The predicted octanol–water partition coefficient (Wildman–Crippen LogP) is 4.47. The van der Waals surface area contributed by atoms with Gasteiger partial charge in [-0.1, -0.05) is 43.7 Å². The SMILES string of the molecule is CCCCOC(=O)N1CCN(C(=O)C(CP(=O)(OCC)OCC)NC(=O)c2cc(C3CC3)nc(-c3ccccc3)n2)CC1. The highest BCUT2D eigenvalue weighted by atomic mass is 31.2. The number of unbranched alkanes of at least 4 members (excludes halogenated alkanes) is 1. The number of rotatable bonds is 14. The van der Waals surface area contributed by atoms with Crippen molar-refractivity contribution in [2.24, 2.45) is 0 Å². The van der Waals surface area contributed by atoms with Crippen LogP contribution in [0.2, 0.25) is 0 Å². The number of nitrogens with zero attached hydrogens (tertiary/aromatic N) is 4. The van der Waals surface area contributed by atoms with Crippen molar-refractivity contribution in [1.82, 2.24) is 25.1 Å². The molecular formula is C30H42N5O7P. The second-order valence-electron chi connectivity index (χ2n) is 10.6. The molecule has 2 aliphatic rings. The van der Waals surface area contributed by atoms with Gasteiger partial charge in [-0.15, -0.1) is 0 Å². The second-order valence-corrected chi connectivity index (χ2v) is 12.7. The number of carbonyl (C=O) groups is 3. The van der Waals surface area contributed by atoms with Gasteiger partial charge in [0, 0.05) is 43.4 Å². The average Bonchev–Trinajstić information content (AvgIpc) is 3.87. The third kappa shape index (κ3) is 9.08. The van der Waals surface area contributed by atoms with E-state index in [4.69, 9.17) is 18.8 Å². The van der Waals surface area contributed by atoms with Crippen LogP contribution in [-0.4, -0.2) is 95.9 Å². The van der Waals surface area contributed by atoms with E-state index >= 15 is 0 Å². The lowest BCUT2D eigenvalue weighted by molar-refractivity contribution is -0.134. The number of nitrogens with one attached hydrogen (secondary N) is 1. The van der Waals surface area contributed by atoms with E-state index in [1.807, 2.05) is 37.3 Å². The quantitative estimate of drug-likeness (QED) is 0.241. The summed E-state index contributed by atoms with van der Waals surface area (Å²) in [6.07, 6.45) is 2.92. The lowest BCUT2D eigenvalue weighted by Gasteiger charge is -2.36. The Morgan fingerprint density at radius 1 is 0.977 bits per heavy atom. The van der Waals surface area contributed by atoms with Gasteiger partial charge in [0.25, 0.3) is 5.91 Å². The van der Waals surface area contributed by atoms with E-state index in [1.54, 1.807) is 29.7 Å². The van der Waals surface area contributed by atoms with Crippen LogP contribution in [0.5, 0.6) is 0 Å². The summed E-state index contributed by atoms with van der Waals surface area (Å²) in [5, 5.41) is 2.78. The molecule has 0 radical (unpaired) electrons. The standard InChI is InChI=1S/C30H42N5O7P/c1-4-7-19-40-30(38)35-17-15-34(16-18-35)29(37)26(21-43(39,41-5-2)42-6-3)33-28(36)25-20-24(22-13-14-22)31-27(32-25)23-11-9-8-10-12-23/h8-12,20,22,26H,4-7,13-19,21H2,1-3H3,(H,33,36). The molecule has 1 unspecified atom stereocenters. The Bertz CT molecular complexity index is 1290. The summed E-state index contributed by atoms with van der Waals surface area (Å²) < 4.78 is 29.8. The van der Waals surface area contributed by atoms with E-state index < -0.39 is 31.5 Å². The van der Waals surface area contributed by atoms with Gasteiger partial charge in [-0.2, -0.15) is 0 Å². The van der Waals surface area contributed by atoms with Crippen LogP contribution in [0.25, 0.3) is 11.4 Å². The lowest BCUT2D eigenvalue weighted by atomic mass is 10.1. The Hall–Kier alpha value is -3.34. The first-order valence-electron chi connectivity index (χ1n) is 15.1. The molecule has 1 aromatic heterocycles. The van der Waals surface area contributed by atoms with Crippen LogP contribution >= 0.6 is 7.60 Å². The van der Waals surface area contributed by atoms with Gasteiger partial charge >= 0.3 is 13.7 Å². The van der Waals surface area contributed by atoms with Crippen molar-refractivity contribution >= 4 is 25.5 Å². The highest BCUT2D eigenvalue weighted by molar-refractivity contribution is 7.54. The molecule has 1 saturated heterocycles. The first-order chi connectivity index (χ1) is 20.8. The Morgan fingerprint density at radius 2 is 1.63 bits per heavy atom. The minimum atomic E-state index is -3.72. The zero-order valence-corrected chi connectivity index (χ0v) is 26.1. The normalized spacial score (nSPS) is 16.1. The molecule has 4 rings (SSSR count). The second kappa shape index (κ2) is 15.4. The molecule has 0 spiro atoms. The van der Waals surface area contributed by atoms with Crippen molar-refractivity contribution in [3.63, 3.8) is 0 Å². The maximum atomic E-state index is 13.8. The molecule has 2 aromatic rings. The maximum absolute atomic E-state index is 13.8. The number of aromatic nitrogens is 2. The summed E-state index contributed by atoms with van der Waals surface area (Å²) in [4.78, 5) is 52.2. The first-order valence-corrected chi connectivity index (χ1v) is 16.8. The van der Waals surface area contributed by atoms with Crippen molar-refractivity contribution in [2.75, 3.05) is 52.2 Å². The van der Waals surface area contributed by atoms with Crippen LogP contribution in [0.15, 0.2) is 36.4 Å². The van der Waals surface area contributed by atoms with Crippen LogP contribution in [-0.2, 0) is 23.1 Å². The van der Waals surface area contributed by atoms with Crippen LogP contribution in [0.3, 0.4) is 0 Å². The van der Waals surface area contributed by atoms with Gasteiger partial charge in [0.1, 0.15) is 11.7 Å². The summed E-state index contributed by atoms with van der Waals surface area (Å²) >= 11 is 0. The molecule has 3 amide bonds. The van der Waals surface area contributed by atoms with E-state index in [-0.39, 0.29) is 57.2 Å². The average molecular weight is 616 g/mol. The molecule has 2 fully saturated rings. The minimum Gasteiger partial charge on any atom is -0.449 e. The maximum Gasteiger partial charge on any atom is 0.409 e. The topological polar surface area (TPSA) is 140 Å². The number of amides is 3. The highest BCUT2D eigenvalue weighted by Crippen LogP contribution is 2.48. The smallest absolute Gasteiger partial charge is 0.409 e. The molecule has 1 atom stereocenters. The molecule has 234 valence electrons. The van der Waals surface area contributed by atoms with Gasteiger partial charge < -0.3 is 28.9 Å². The van der Waals surface area contributed by atoms with Crippen molar-refractivity contribution < 1.29 is 32.7 Å². The van der Waals surface area contributed by atoms with Gasteiger partial charge in [0.05, 0.1) is 26.0 Å². The molecule has 1 aliphatic carbocycles. The van der Waals surface area contributed by atoms with Gasteiger partial charge in [-0.3, -0.25) is 14.2 Å². The Morgan fingerprint density at radius 3 is 2.23 bits per heavy atom. The van der Waals surface area contributed by atoms with Gasteiger partial charge in [0.2, 0.25) is 5.91 Å². The summed E-state index contributed by atoms with van der Waals surface area (Å²) in [5.41, 5.74) is 1.67. The van der Waals surface area contributed by atoms with Gasteiger partial charge in [0.15, 0.2) is 5.82 Å². The third-order valence-electron chi connectivity index (χ3n) is 7.24. The zero-order chi connectivity index (χ0) is 30.8. The highest BCUT2D eigenvalue weighted by Gasteiger charge is 2.38. The van der Waals surface area contributed by atoms with Crippen molar-refractivity contribution in [2.45, 2.75) is 58.4 Å². The molecule has 1 aliphatic heterocycles. The Balaban J connectivity index is 1.54. The summed E-state index contributed by atoms with van der Waals surface area (Å²) in [7, 11) is -3.72. The first kappa shape index (κ1) is 32.6. The fourth-order valence-electron chi connectivity index (χ4n) is 4.79. The predicted molar refractivity (Wildman–Crippen MR) is 161 cm³/mol. The molecular weight excluding hydrogens is 573 g/mol. The van der Waals surface area contributed by atoms with E-state index in [0.29, 0.717) is 12.4 Å². The minimum absolute atomic E-state index is 0.113. The van der Waals surface area contributed by atoms with Crippen molar-refractivity contribution in [1.29, 1.82) is 0 Å². The van der Waals surface area contributed by atoms with E-state index in [0.717, 1.165) is 36.9 Å². The fraction of sp³-hybridized carbons (Fsp3) is 0.567. The van der Waals surface area contributed by atoms with Crippen molar-refractivity contribution in [3.8, 4) is 11.4 Å². The number of hydrogen-bond donors (Lipinski definition) is 1. The monoisotopic (exact) mass is 615 g/mol. The molecule has 1 aromatic carbocycles. The van der Waals surface area contributed by atoms with E-state index in [9.17, 15) is 18.9 Å². The number of carbonyl (C=O) groups excluding carboxylic acids is 3. The van der Waals surface area contributed by atoms with E-state index in [1.165, 1.54) is 0 Å².